The van der Waals surface area contributed by atoms with Gasteiger partial charge in [-0.3, -0.25) is 4.79 Å². The van der Waals surface area contributed by atoms with E-state index in [0.717, 1.165) is 0 Å². The van der Waals surface area contributed by atoms with E-state index in [-0.39, 0.29) is 17.2 Å². The van der Waals surface area contributed by atoms with Gasteiger partial charge in [0.2, 0.25) is 0 Å². The van der Waals surface area contributed by atoms with E-state index in [2.05, 4.69) is 25.5 Å². The summed E-state index contributed by atoms with van der Waals surface area (Å²) in [5.74, 6) is -1.06. The van der Waals surface area contributed by atoms with E-state index in [1.807, 2.05) is 0 Å². The first-order chi connectivity index (χ1) is 9.08. The molecule has 2 aromatic rings. The lowest BCUT2D eigenvalue weighted by atomic mass is 10.2. The van der Waals surface area contributed by atoms with Crippen molar-refractivity contribution in [1.82, 2.24) is 15.7 Å². The molecule has 1 amide bonds. The van der Waals surface area contributed by atoms with Crippen molar-refractivity contribution in [2.24, 2.45) is 5.10 Å². The summed E-state index contributed by atoms with van der Waals surface area (Å²) in [5.41, 5.74) is 3.14. The van der Waals surface area contributed by atoms with Crippen molar-refractivity contribution >= 4 is 12.1 Å². The summed E-state index contributed by atoms with van der Waals surface area (Å²) in [6.45, 7) is 1.58. The fourth-order valence-corrected chi connectivity index (χ4v) is 1.28. The molecule has 0 saturated heterocycles. The van der Waals surface area contributed by atoms with E-state index in [1.54, 1.807) is 6.92 Å². The molecule has 1 aromatic carbocycles. The Labute approximate surface area is 107 Å². The molecule has 2 rings (SSSR count). The quantitative estimate of drug-likeness (QED) is 0.422. The summed E-state index contributed by atoms with van der Waals surface area (Å²) in [4.78, 5) is 11.6. The Morgan fingerprint density at radius 2 is 2.16 bits per heavy atom. The standard InChI is InChI=1S/C11H10N4O4/c1-6-10(15-19-14-6)11(18)13-12-5-7-2-3-8(16)9(17)4-7/h2-5,16-17H,1H3,(H,13,18)/b12-5+. The maximum absolute atomic E-state index is 11.6. The van der Waals surface area contributed by atoms with Crippen LogP contribution in [-0.2, 0) is 0 Å². The Hall–Kier alpha value is -2.90. The zero-order valence-electron chi connectivity index (χ0n) is 9.86. The maximum Gasteiger partial charge on any atom is 0.295 e. The third-order valence-electron chi connectivity index (χ3n) is 2.25. The fourth-order valence-electron chi connectivity index (χ4n) is 1.28. The minimum atomic E-state index is -0.557. The van der Waals surface area contributed by atoms with Gasteiger partial charge in [0.05, 0.1) is 6.21 Å². The van der Waals surface area contributed by atoms with Crippen LogP contribution >= 0.6 is 0 Å². The summed E-state index contributed by atoms with van der Waals surface area (Å²) >= 11 is 0. The van der Waals surface area contributed by atoms with E-state index in [9.17, 15) is 9.90 Å². The van der Waals surface area contributed by atoms with Crippen LogP contribution in [0.4, 0.5) is 0 Å². The number of aryl methyl sites for hydroxylation is 1. The monoisotopic (exact) mass is 262 g/mol. The van der Waals surface area contributed by atoms with Gasteiger partial charge in [0.25, 0.3) is 5.91 Å². The molecule has 0 atom stereocenters. The molecule has 1 aromatic heterocycles. The molecule has 0 unspecified atom stereocenters. The smallest absolute Gasteiger partial charge is 0.295 e. The average molecular weight is 262 g/mol. The molecule has 19 heavy (non-hydrogen) atoms. The summed E-state index contributed by atoms with van der Waals surface area (Å²) in [6.07, 6.45) is 1.31. The number of aromatic nitrogens is 2. The molecule has 3 N–H and O–H groups in total. The first-order valence-electron chi connectivity index (χ1n) is 5.22. The molecule has 0 aliphatic heterocycles. The third-order valence-corrected chi connectivity index (χ3v) is 2.25. The van der Waals surface area contributed by atoms with Gasteiger partial charge in [0.15, 0.2) is 17.2 Å². The molecular weight excluding hydrogens is 252 g/mol. The number of hydrogen-bond acceptors (Lipinski definition) is 7. The van der Waals surface area contributed by atoms with Crippen LogP contribution in [0, 0.1) is 6.92 Å². The van der Waals surface area contributed by atoms with Crippen LogP contribution in [0.15, 0.2) is 27.9 Å². The number of nitrogens with one attached hydrogen (secondary N) is 1. The molecule has 8 nitrogen and oxygen atoms in total. The van der Waals surface area contributed by atoms with E-state index in [0.29, 0.717) is 11.3 Å². The highest BCUT2D eigenvalue weighted by Crippen LogP contribution is 2.23. The van der Waals surface area contributed by atoms with Crippen molar-refractivity contribution in [1.29, 1.82) is 0 Å². The predicted octanol–water partition coefficient (Wildman–Crippen LogP) is 0.553. The van der Waals surface area contributed by atoms with E-state index in [1.165, 1.54) is 24.4 Å². The fraction of sp³-hybridized carbons (Fsp3) is 0.0909. The largest absolute Gasteiger partial charge is 0.504 e. The van der Waals surface area contributed by atoms with Gasteiger partial charge in [0, 0.05) is 0 Å². The van der Waals surface area contributed by atoms with E-state index >= 15 is 0 Å². The second kappa shape index (κ2) is 5.17. The number of aromatic hydroxyl groups is 2. The second-order valence-corrected chi connectivity index (χ2v) is 3.65. The number of nitrogens with zero attached hydrogens (tertiary/aromatic N) is 3. The summed E-state index contributed by atoms with van der Waals surface area (Å²) < 4.78 is 4.39. The molecule has 8 heteroatoms. The molecule has 0 radical (unpaired) electrons. The number of carbonyl (C=O) groups is 1. The number of rotatable bonds is 3. The van der Waals surface area contributed by atoms with Crippen LogP contribution in [0.25, 0.3) is 0 Å². The molecule has 0 aliphatic rings. The van der Waals surface area contributed by atoms with Crippen LogP contribution in [0.2, 0.25) is 0 Å². The van der Waals surface area contributed by atoms with Gasteiger partial charge < -0.3 is 10.2 Å². The first-order valence-corrected chi connectivity index (χ1v) is 5.22. The van der Waals surface area contributed by atoms with Gasteiger partial charge in [-0.25, -0.2) is 10.1 Å². The highest BCUT2D eigenvalue weighted by molar-refractivity contribution is 5.93. The minimum absolute atomic E-state index is 0.0469. The van der Waals surface area contributed by atoms with Gasteiger partial charge in [-0.2, -0.15) is 5.10 Å². The summed E-state index contributed by atoms with van der Waals surface area (Å²) in [5, 5.41) is 29.0. The number of benzene rings is 1. The number of hydrazone groups is 1. The number of carbonyl (C=O) groups excluding carboxylic acids is 1. The van der Waals surface area contributed by atoms with Crippen molar-refractivity contribution in [3.8, 4) is 11.5 Å². The highest BCUT2D eigenvalue weighted by Gasteiger charge is 2.13. The van der Waals surface area contributed by atoms with Crippen LogP contribution in [-0.4, -0.2) is 32.6 Å². The molecule has 0 saturated carbocycles. The number of phenolic OH excluding ortho intramolecular Hbond substituents is 2. The number of phenols is 2. The minimum Gasteiger partial charge on any atom is -0.504 e. The van der Waals surface area contributed by atoms with Gasteiger partial charge in [-0.05, 0) is 35.8 Å². The van der Waals surface area contributed by atoms with E-state index < -0.39 is 5.91 Å². The molecule has 0 aliphatic carbocycles. The van der Waals surface area contributed by atoms with Crippen molar-refractivity contribution in [3.05, 3.63) is 35.2 Å². The van der Waals surface area contributed by atoms with Crippen LogP contribution < -0.4 is 5.43 Å². The predicted molar refractivity (Wildman–Crippen MR) is 63.9 cm³/mol. The first kappa shape index (κ1) is 12.6. The van der Waals surface area contributed by atoms with Gasteiger partial charge in [-0.1, -0.05) is 5.16 Å². The number of amides is 1. The average Bonchev–Trinajstić information content (AvgIpc) is 2.80. The lowest BCUT2D eigenvalue weighted by Gasteiger charge is -1.98. The van der Waals surface area contributed by atoms with E-state index in [4.69, 9.17) is 5.11 Å². The Kier molecular flexibility index (Phi) is 3.42. The SMILES string of the molecule is Cc1nonc1C(=O)N/N=C/c1ccc(O)c(O)c1. The zero-order chi connectivity index (χ0) is 13.8. The van der Waals surface area contributed by atoms with Crippen molar-refractivity contribution in [3.63, 3.8) is 0 Å². The number of hydrogen-bond donors (Lipinski definition) is 3. The van der Waals surface area contributed by atoms with Crippen LogP contribution in [0.3, 0.4) is 0 Å². The van der Waals surface area contributed by atoms with Gasteiger partial charge >= 0.3 is 0 Å². The lowest BCUT2D eigenvalue weighted by molar-refractivity contribution is 0.0945. The maximum atomic E-state index is 11.6. The molecule has 0 bridgehead atoms. The van der Waals surface area contributed by atoms with Crippen molar-refractivity contribution in [2.75, 3.05) is 0 Å². The lowest BCUT2D eigenvalue weighted by Crippen LogP contribution is -2.19. The highest BCUT2D eigenvalue weighted by atomic mass is 16.6. The molecule has 98 valence electrons. The molecule has 1 heterocycles. The van der Waals surface area contributed by atoms with Crippen molar-refractivity contribution < 1.29 is 19.6 Å². The Morgan fingerprint density at radius 3 is 2.79 bits per heavy atom. The van der Waals surface area contributed by atoms with Crippen molar-refractivity contribution in [2.45, 2.75) is 6.92 Å². The summed E-state index contributed by atoms with van der Waals surface area (Å²) in [6, 6.07) is 4.13. The third kappa shape index (κ3) is 2.86. The van der Waals surface area contributed by atoms with Crippen LogP contribution in [0.5, 0.6) is 11.5 Å². The molecule has 0 spiro atoms. The second-order valence-electron chi connectivity index (χ2n) is 3.65. The Bertz CT molecular complexity index is 635. The van der Waals surface area contributed by atoms with Gasteiger partial charge in [0.1, 0.15) is 5.69 Å². The van der Waals surface area contributed by atoms with Crippen LogP contribution in [0.1, 0.15) is 21.7 Å². The van der Waals surface area contributed by atoms with Gasteiger partial charge in [-0.15, -0.1) is 0 Å². The summed E-state index contributed by atoms with van der Waals surface area (Å²) in [7, 11) is 0. The topological polar surface area (TPSA) is 121 Å². The molecular formula is C11H10N4O4. The normalized spacial score (nSPS) is 10.8. The Balaban J connectivity index is 2.02. The molecule has 0 fully saturated rings. The Morgan fingerprint density at radius 1 is 1.37 bits per heavy atom. The zero-order valence-corrected chi connectivity index (χ0v) is 9.86.